The smallest absolute Gasteiger partial charge is 0.303 e. The van der Waals surface area contributed by atoms with Gasteiger partial charge in [0.1, 0.15) is 0 Å². The molecule has 1 saturated heterocycles. The Morgan fingerprint density at radius 3 is 2.18 bits per heavy atom. The third kappa shape index (κ3) is 5.51. The van der Waals surface area contributed by atoms with Crippen LogP contribution in [-0.4, -0.2) is 57.3 Å². The molecule has 2 rings (SSSR count). The zero-order valence-electron chi connectivity index (χ0n) is 16.8. The molecule has 0 spiro atoms. The van der Waals surface area contributed by atoms with E-state index in [1.54, 1.807) is 13.1 Å². The van der Waals surface area contributed by atoms with Crippen LogP contribution >= 0.6 is 0 Å². The summed E-state index contributed by atoms with van der Waals surface area (Å²) in [4.78, 5) is 34.9. The fourth-order valence-corrected chi connectivity index (χ4v) is 3.11. The van der Waals surface area contributed by atoms with Crippen LogP contribution in [0.5, 0.6) is 0 Å². The molecule has 1 fully saturated rings. The summed E-state index contributed by atoms with van der Waals surface area (Å²) in [6.07, 6.45) is -0.167. The number of nitrogens with zero attached hydrogens (tertiary/aromatic N) is 3. The van der Waals surface area contributed by atoms with E-state index in [-0.39, 0.29) is 0 Å². The minimum absolute atomic E-state index is 0.569. The molecule has 0 N–H and O–H groups in total. The first-order valence-corrected chi connectivity index (χ1v) is 9.30. The van der Waals surface area contributed by atoms with Crippen LogP contribution < -0.4 is 0 Å². The number of aromatic nitrogens is 3. The minimum Gasteiger partial charge on any atom is -0.456 e. The van der Waals surface area contributed by atoms with Gasteiger partial charge in [0.05, 0.1) is 18.0 Å². The molecule has 156 valence electrons. The van der Waals surface area contributed by atoms with E-state index in [0.717, 1.165) is 25.0 Å². The topological polar surface area (TPSA) is 119 Å². The van der Waals surface area contributed by atoms with Crippen LogP contribution in [-0.2, 0) is 39.8 Å². The number of ether oxygens (including phenoxy) is 4. The van der Waals surface area contributed by atoms with Crippen LogP contribution in [0, 0.1) is 0 Å². The van der Waals surface area contributed by atoms with Crippen molar-refractivity contribution >= 4 is 17.9 Å². The Bertz CT molecular complexity index is 705. The summed E-state index contributed by atoms with van der Waals surface area (Å²) >= 11 is 0. The van der Waals surface area contributed by atoms with Crippen molar-refractivity contribution in [2.75, 3.05) is 0 Å². The molecule has 0 unspecified atom stereocenters. The lowest BCUT2D eigenvalue weighted by molar-refractivity contribution is -0.261. The average molecular weight is 397 g/mol. The third-order valence-electron chi connectivity index (χ3n) is 4.26. The maximum absolute atomic E-state index is 11.7. The fraction of sp³-hybridized carbons (Fsp3) is 0.722. The molecule has 0 aliphatic carbocycles. The van der Waals surface area contributed by atoms with Gasteiger partial charge in [-0.2, -0.15) is 0 Å². The molecule has 5 atom stereocenters. The van der Waals surface area contributed by atoms with Crippen molar-refractivity contribution in [3.8, 4) is 0 Å². The predicted molar refractivity (Wildman–Crippen MR) is 94.9 cm³/mol. The van der Waals surface area contributed by atoms with Gasteiger partial charge in [-0.05, 0) is 19.8 Å². The first-order chi connectivity index (χ1) is 13.2. The summed E-state index contributed by atoms with van der Waals surface area (Å²) in [5.41, 5.74) is 0.769. The van der Waals surface area contributed by atoms with E-state index in [4.69, 9.17) is 18.9 Å². The van der Waals surface area contributed by atoms with Crippen molar-refractivity contribution in [3.63, 3.8) is 0 Å². The second kappa shape index (κ2) is 9.63. The largest absolute Gasteiger partial charge is 0.456 e. The van der Waals surface area contributed by atoms with Gasteiger partial charge in [0.25, 0.3) is 0 Å². The summed E-state index contributed by atoms with van der Waals surface area (Å²) in [6, 6.07) is 0. The van der Waals surface area contributed by atoms with Gasteiger partial charge in [-0.1, -0.05) is 18.6 Å². The highest BCUT2D eigenvalue weighted by Gasteiger charge is 2.51. The standard InChI is InChI=1S/C18H27N3O7/c1-6-7-8-14-9-21(20-19-14)18-17(28-13(5)24)16(27-12(4)23)15(10(2)25-18)26-11(3)22/h9-10,15-18H,6-8H2,1-5H3/t10-,15+,16+,17-,18-/m0/s1. The van der Waals surface area contributed by atoms with Gasteiger partial charge in [0.2, 0.25) is 0 Å². The molecule has 1 aromatic heterocycles. The number of unbranched alkanes of at least 4 members (excludes halogenated alkanes) is 1. The van der Waals surface area contributed by atoms with E-state index in [1.165, 1.54) is 25.5 Å². The van der Waals surface area contributed by atoms with Crippen LogP contribution in [0.15, 0.2) is 6.20 Å². The molecule has 0 amide bonds. The highest BCUT2D eigenvalue weighted by Crippen LogP contribution is 2.33. The highest BCUT2D eigenvalue weighted by atomic mass is 16.7. The monoisotopic (exact) mass is 397 g/mol. The molecule has 2 heterocycles. The average Bonchev–Trinajstić information content (AvgIpc) is 3.06. The van der Waals surface area contributed by atoms with Gasteiger partial charge in [-0.15, -0.1) is 5.10 Å². The van der Waals surface area contributed by atoms with Gasteiger partial charge in [0, 0.05) is 20.8 Å². The number of hydrogen-bond donors (Lipinski definition) is 0. The Labute approximate surface area is 163 Å². The Balaban J connectivity index is 2.37. The van der Waals surface area contributed by atoms with Gasteiger partial charge >= 0.3 is 17.9 Å². The van der Waals surface area contributed by atoms with Crippen LogP contribution in [0.3, 0.4) is 0 Å². The quantitative estimate of drug-likeness (QED) is 0.496. The first kappa shape index (κ1) is 21.8. The van der Waals surface area contributed by atoms with Crippen molar-refractivity contribution in [3.05, 3.63) is 11.9 Å². The number of rotatable bonds is 7. The number of aryl methyl sites for hydroxylation is 1. The lowest BCUT2D eigenvalue weighted by Gasteiger charge is -2.43. The van der Waals surface area contributed by atoms with E-state index >= 15 is 0 Å². The molecule has 10 nitrogen and oxygen atoms in total. The maximum Gasteiger partial charge on any atom is 0.303 e. The second-order valence-electron chi connectivity index (χ2n) is 6.75. The van der Waals surface area contributed by atoms with Crippen LogP contribution in [0.2, 0.25) is 0 Å². The Morgan fingerprint density at radius 1 is 1.04 bits per heavy atom. The Morgan fingerprint density at radius 2 is 1.61 bits per heavy atom. The molecule has 10 heteroatoms. The Kier molecular flexibility index (Phi) is 7.50. The predicted octanol–water partition coefficient (Wildman–Crippen LogP) is 1.33. The van der Waals surface area contributed by atoms with E-state index in [2.05, 4.69) is 17.2 Å². The molecule has 28 heavy (non-hydrogen) atoms. The summed E-state index contributed by atoms with van der Waals surface area (Å²) in [5, 5.41) is 8.21. The summed E-state index contributed by atoms with van der Waals surface area (Å²) in [6.45, 7) is 7.45. The molecular weight excluding hydrogens is 370 g/mol. The molecule has 1 aromatic rings. The number of hydrogen-bond acceptors (Lipinski definition) is 9. The molecule has 0 radical (unpaired) electrons. The highest BCUT2D eigenvalue weighted by molar-refractivity contribution is 5.68. The van der Waals surface area contributed by atoms with Crippen molar-refractivity contribution in [2.24, 2.45) is 0 Å². The van der Waals surface area contributed by atoms with Gasteiger partial charge in [-0.3, -0.25) is 14.4 Å². The van der Waals surface area contributed by atoms with Crippen molar-refractivity contribution < 1.29 is 33.3 Å². The summed E-state index contributed by atoms with van der Waals surface area (Å²) in [5.74, 6) is -1.77. The molecule has 0 saturated carbocycles. The molecule has 0 aromatic carbocycles. The van der Waals surface area contributed by atoms with Crippen LogP contribution in [0.1, 0.15) is 59.4 Å². The number of carbonyl (C=O) groups is 3. The van der Waals surface area contributed by atoms with Crippen LogP contribution in [0.4, 0.5) is 0 Å². The molecule has 1 aliphatic heterocycles. The van der Waals surface area contributed by atoms with Gasteiger partial charge < -0.3 is 18.9 Å². The zero-order valence-corrected chi connectivity index (χ0v) is 16.8. The number of carbonyl (C=O) groups excluding carboxylic acids is 3. The number of esters is 3. The lowest BCUT2D eigenvalue weighted by atomic mass is 9.98. The molecular formula is C18H27N3O7. The van der Waals surface area contributed by atoms with E-state index in [0.29, 0.717) is 0 Å². The van der Waals surface area contributed by atoms with Gasteiger partial charge in [0.15, 0.2) is 24.5 Å². The normalized spacial score (nSPS) is 27.1. The Hall–Kier alpha value is -2.49. The third-order valence-corrected chi connectivity index (χ3v) is 4.26. The maximum atomic E-state index is 11.7. The van der Waals surface area contributed by atoms with Gasteiger partial charge in [-0.25, -0.2) is 4.68 Å². The second-order valence-corrected chi connectivity index (χ2v) is 6.75. The van der Waals surface area contributed by atoms with E-state index in [9.17, 15) is 14.4 Å². The molecule has 1 aliphatic rings. The van der Waals surface area contributed by atoms with Crippen molar-refractivity contribution in [1.82, 2.24) is 15.0 Å². The fourth-order valence-electron chi connectivity index (χ4n) is 3.11. The lowest BCUT2D eigenvalue weighted by Crippen LogP contribution is -2.58. The van der Waals surface area contributed by atoms with Crippen molar-refractivity contribution in [1.29, 1.82) is 0 Å². The minimum atomic E-state index is -1.07. The zero-order chi connectivity index (χ0) is 20.8. The van der Waals surface area contributed by atoms with E-state index < -0.39 is 48.6 Å². The molecule has 0 bridgehead atoms. The summed E-state index contributed by atoms with van der Waals surface area (Å²) in [7, 11) is 0. The first-order valence-electron chi connectivity index (χ1n) is 9.30. The SMILES string of the molecule is CCCCc1cn([C@H]2O[C@@H](C)[C@@H](OC(C)=O)[C@@H](OC(C)=O)[C@@H]2OC(C)=O)nn1. The van der Waals surface area contributed by atoms with E-state index in [1.807, 2.05) is 0 Å². The van der Waals surface area contributed by atoms with Crippen LogP contribution in [0.25, 0.3) is 0 Å². The summed E-state index contributed by atoms with van der Waals surface area (Å²) < 4.78 is 23.5. The van der Waals surface area contributed by atoms with Crippen molar-refractivity contribution in [2.45, 2.75) is 84.5 Å².